The van der Waals surface area contributed by atoms with Crippen LogP contribution >= 0.6 is 21.6 Å². The van der Waals surface area contributed by atoms with Crippen LogP contribution < -0.4 is 0 Å². The van der Waals surface area contributed by atoms with Gasteiger partial charge in [0.1, 0.15) is 5.03 Å². The van der Waals surface area contributed by atoms with Crippen molar-refractivity contribution in [3.05, 3.63) is 36.0 Å². The minimum absolute atomic E-state index is 0.478. The molecule has 1 heterocycles. The number of aromatic nitrogens is 1. The summed E-state index contributed by atoms with van der Waals surface area (Å²) in [5.41, 5.74) is 2.94. The monoisotopic (exact) mass is 497 g/mol. The fraction of sp³-hybridized carbons (Fsp3) is 0.774. The molecule has 34 heavy (non-hydrogen) atoms. The van der Waals surface area contributed by atoms with Crippen LogP contribution in [-0.4, -0.2) is 10.2 Å². The maximum Gasteiger partial charge on any atom is 0.106 e. The molecule has 5 rings (SSSR count). The highest BCUT2D eigenvalue weighted by Gasteiger charge is 2.58. The Labute approximate surface area is 217 Å². The van der Waals surface area contributed by atoms with E-state index in [4.69, 9.17) is 0 Å². The molecule has 7 unspecified atom stereocenters. The summed E-state index contributed by atoms with van der Waals surface area (Å²) in [4.78, 5) is 4.51. The maximum absolute atomic E-state index is 4.51. The summed E-state index contributed by atoms with van der Waals surface area (Å²) in [7, 11) is 3.96. The van der Waals surface area contributed by atoms with Crippen LogP contribution in [0.25, 0.3) is 0 Å². The lowest BCUT2D eigenvalue weighted by Crippen LogP contribution is -2.50. The highest BCUT2D eigenvalue weighted by Crippen LogP contribution is 2.67. The van der Waals surface area contributed by atoms with Crippen LogP contribution in [0.5, 0.6) is 0 Å². The molecule has 7 atom stereocenters. The molecule has 0 amide bonds. The minimum atomic E-state index is 0.478. The molecule has 0 bridgehead atoms. The van der Waals surface area contributed by atoms with Crippen LogP contribution in [-0.2, 0) is 0 Å². The summed E-state index contributed by atoms with van der Waals surface area (Å²) in [6.07, 6.45) is 22.0. The van der Waals surface area contributed by atoms with Crippen LogP contribution in [0.4, 0.5) is 0 Å². The average Bonchev–Trinajstić information content (AvgIpc) is 3.17. The van der Waals surface area contributed by atoms with Gasteiger partial charge in [-0.15, -0.1) is 0 Å². The Kier molecular flexibility index (Phi) is 7.82. The van der Waals surface area contributed by atoms with Gasteiger partial charge in [-0.25, -0.2) is 4.98 Å². The Morgan fingerprint density at radius 3 is 2.71 bits per heavy atom. The summed E-state index contributed by atoms with van der Waals surface area (Å²) < 4.78 is 0. The van der Waals surface area contributed by atoms with Gasteiger partial charge in [-0.3, -0.25) is 0 Å². The van der Waals surface area contributed by atoms with Crippen LogP contribution in [0.15, 0.2) is 41.1 Å². The molecule has 0 aromatic carbocycles. The van der Waals surface area contributed by atoms with Gasteiger partial charge in [0, 0.05) is 11.4 Å². The Morgan fingerprint density at radius 2 is 1.91 bits per heavy atom. The summed E-state index contributed by atoms with van der Waals surface area (Å²) in [6, 6.07) is 6.26. The lowest BCUT2D eigenvalue weighted by Gasteiger charge is -2.58. The van der Waals surface area contributed by atoms with E-state index < -0.39 is 0 Å². The van der Waals surface area contributed by atoms with Gasteiger partial charge in [0.15, 0.2) is 0 Å². The normalized spacial score (nSPS) is 39.3. The van der Waals surface area contributed by atoms with Crippen LogP contribution in [0, 0.1) is 40.4 Å². The van der Waals surface area contributed by atoms with Crippen molar-refractivity contribution >= 4 is 21.6 Å². The van der Waals surface area contributed by atoms with Crippen molar-refractivity contribution in [1.82, 2.24) is 4.98 Å². The van der Waals surface area contributed by atoms with Gasteiger partial charge in [-0.2, -0.15) is 0 Å². The molecule has 0 aliphatic heterocycles. The molecule has 1 nitrogen and oxygen atoms in total. The zero-order chi connectivity index (χ0) is 23.8. The van der Waals surface area contributed by atoms with E-state index >= 15 is 0 Å². The quantitative estimate of drug-likeness (QED) is 0.201. The van der Waals surface area contributed by atoms with E-state index in [9.17, 15) is 0 Å². The molecule has 0 saturated heterocycles. The third kappa shape index (κ3) is 4.91. The highest BCUT2D eigenvalue weighted by atomic mass is 33.1. The lowest BCUT2D eigenvalue weighted by molar-refractivity contribution is -0.0421. The Hall–Kier alpha value is -0.410. The predicted octanol–water partition coefficient (Wildman–Crippen LogP) is 9.99. The molecular formula is C31H47NS2. The Bertz CT molecular complexity index is 850. The van der Waals surface area contributed by atoms with Gasteiger partial charge in [0.25, 0.3) is 0 Å². The SMILES string of the molecule is CC(C)CCCCC1CCC2C3CC=C4CC(SSc5ccccn5)CCC4(C)C3CCC12C. The van der Waals surface area contributed by atoms with Gasteiger partial charge in [-0.1, -0.05) is 75.5 Å². The molecule has 0 radical (unpaired) electrons. The number of hydrogen-bond donors (Lipinski definition) is 0. The molecule has 3 fully saturated rings. The minimum Gasteiger partial charge on any atom is -0.249 e. The molecule has 0 spiro atoms. The van der Waals surface area contributed by atoms with Gasteiger partial charge >= 0.3 is 0 Å². The first-order valence-corrected chi connectivity index (χ1v) is 16.6. The van der Waals surface area contributed by atoms with Crippen molar-refractivity contribution in [3.63, 3.8) is 0 Å². The molecule has 1 aromatic rings. The zero-order valence-corrected chi connectivity index (χ0v) is 23.7. The molecule has 4 aliphatic rings. The fourth-order valence-corrected chi connectivity index (χ4v) is 11.2. The Morgan fingerprint density at radius 1 is 1.03 bits per heavy atom. The van der Waals surface area contributed by atoms with Crippen LogP contribution in [0.1, 0.15) is 105 Å². The van der Waals surface area contributed by atoms with E-state index in [1.54, 1.807) is 0 Å². The first kappa shape index (κ1) is 25.2. The molecule has 3 saturated carbocycles. The third-order valence-corrected chi connectivity index (χ3v) is 13.5. The number of unbranched alkanes of at least 4 members (excludes halogenated alkanes) is 1. The number of fused-ring (bicyclic) bond motifs is 5. The number of pyridine rings is 1. The van der Waals surface area contributed by atoms with Crippen molar-refractivity contribution in [2.45, 2.75) is 115 Å². The smallest absolute Gasteiger partial charge is 0.106 e. The fourth-order valence-electron chi connectivity index (χ4n) is 8.75. The largest absolute Gasteiger partial charge is 0.249 e. The molecule has 0 N–H and O–H groups in total. The van der Waals surface area contributed by atoms with Crippen molar-refractivity contribution in [2.75, 3.05) is 0 Å². The second-order valence-corrected chi connectivity index (χ2v) is 15.5. The van der Waals surface area contributed by atoms with E-state index in [1.807, 2.05) is 28.6 Å². The lowest BCUT2D eigenvalue weighted by atomic mass is 9.47. The number of nitrogens with zero attached hydrogens (tertiary/aromatic N) is 1. The molecule has 188 valence electrons. The number of rotatable bonds is 8. The van der Waals surface area contributed by atoms with E-state index in [2.05, 4.69) is 61.7 Å². The first-order valence-electron chi connectivity index (χ1n) is 14.3. The molecular weight excluding hydrogens is 450 g/mol. The van der Waals surface area contributed by atoms with E-state index in [0.29, 0.717) is 10.8 Å². The predicted molar refractivity (Wildman–Crippen MR) is 150 cm³/mol. The topological polar surface area (TPSA) is 12.9 Å². The molecule has 3 heteroatoms. The second-order valence-electron chi connectivity index (χ2n) is 13.0. The summed E-state index contributed by atoms with van der Waals surface area (Å²) in [6.45, 7) is 10.2. The molecule has 4 aliphatic carbocycles. The van der Waals surface area contributed by atoms with Crippen molar-refractivity contribution in [1.29, 1.82) is 0 Å². The molecule has 1 aromatic heterocycles. The van der Waals surface area contributed by atoms with Crippen molar-refractivity contribution in [3.8, 4) is 0 Å². The second kappa shape index (κ2) is 10.5. The first-order chi connectivity index (χ1) is 16.4. The van der Waals surface area contributed by atoms with Crippen LogP contribution in [0.2, 0.25) is 0 Å². The average molecular weight is 498 g/mol. The van der Waals surface area contributed by atoms with Gasteiger partial charge < -0.3 is 0 Å². The zero-order valence-electron chi connectivity index (χ0n) is 22.1. The maximum atomic E-state index is 4.51. The number of hydrogen-bond acceptors (Lipinski definition) is 3. The highest BCUT2D eigenvalue weighted by molar-refractivity contribution is 8.76. The third-order valence-electron chi connectivity index (χ3n) is 10.7. The summed E-state index contributed by atoms with van der Waals surface area (Å²) in [5, 5.41) is 1.91. The standard InChI is InChI=1S/C31H47NS2/c1-22(2)9-5-6-10-23-13-15-27-26-14-12-24-21-25(33-34-29-11-7-8-20-32-29)16-18-31(24,4)28(26)17-19-30(23,27)3/h7-8,11-12,20,22-23,25-28H,5-6,9-10,13-19,21H2,1-4H3. The van der Waals surface area contributed by atoms with Gasteiger partial charge in [-0.05, 0) is 121 Å². The Balaban J connectivity index is 1.22. The van der Waals surface area contributed by atoms with Crippen molar-refractivity contribution < 1.29 is 0 Å². The van der Waals surface area contributed by atoms with Crippen molar-refractivity contribution in [2.24, 2.45) is 40.4 Å². The van der Waals surface area contributed by atoms with E-state index in [0.717, 1.165) is 39.9 Å². The van der Waals surface area contributed by atoms with E-state index in [-0.39, 0.29) is 0 Å². The van der Waals surface area contributed by atoms with Gasteiger partial charge in [0.2, 0.25) is 0 Å². The number of allylic oxidation sites excluding steroid dienone is 2. The van der Waals surface area contributed by atoms with E-state index in [1.165, 1.54) is 77.0 Å². The summed E-state index contributed by atoms with van der Waals surface area (Å²) >= 11 is 0. The van der Waals surface area contributed by atoms with Crippen LogP contribution in [0.3, 0.4) is 0 Å². The summed E-state index contributed by atoms with van der Waals surface area (Å²) in [5.74, 6) is 4.76. The van der Waals surface area contributed by atoms with Gasteiger partial charge in [0.05, 0.1) is 0 Å².